The molecule has 2 heterocycles. The molecule has 3 rings (SSSR count). The van der Waals surface area contributed by atoms with Crippen molar-refractivity contribution in [3.63, 3.8) is 0 Å². The number of aliphatic hydroxyl groups excluding tert-OH is 1. The van der Waals surface area contributed by atoms with E-state index in [4.69, 9.17) is 0 Å². The summed E-state index contributed by atoms with van der Waals surface area (Å²) < 4.78 is 0. The van der Waals surface area contributed by atoms with Crippen LogP contribution in [0.15, 0.2) is 30.3 Å². The SMILES string of the molecule is CCC(=O)N1CC2(C1)[C@@H](c1ccccc1)[C@H](CO)N2C(=O)NC(C)C. The highest BCUT2D eigenvalue weighted by Crippen LogP contribution is 2.53. The van der Waals surface area contributed by atoms with E-state index in [1.165, 1.54) is 0 Å². The van der Waals surface area contributed by atoms with E-state index in [1.54, 1.807) is 9.80 Å². The Hall–Kier alpha value is -2.08. The number of urea groups is 1. The van der Waals surface area contributed by atoms with Gasteiger partial charge in [0.05, 0.1) is 18.2 Å². The highest BCUT2D eigenvalue weighted by molar-refractivity contribution is 5.81. The molecule has 6 heteroatoms. The Morgan fingerprint density at radius 1 is 1.28 bits per heavy atom. The maximum absolute atomic E-state index is 12.7. The summed E-state index contributed by atoms with van der Waals surface area (Å²) in [6, 6.07) is 9.58. The molecule has 0 unspecified atom stereocenters. The van der Waals surface area contributed by atoms with Gasteiger partial charge in [-0.1, -0.05) is 37.3 Å². The van der Waals surface area contributed by atoms with E-state index >= 15 is 0 Å². The summed E-state index contributed by atoms with van der Waals surface area (Å²) >= 11 is 0. The normalized spacial score (nSPS) is 24.0. The quantitative estimate of drug-likeness (QED) is 0.870. The van der Waals surface area contributed by atoms with Gasteiger partial charge in [-0.3, -0.25) is 4.79 Å². The van der Waals surface area contributed by atoms with Crippen molar-refractivity contribution in [2.24, 2.45) is 0 Å². The van der Waals surface area contributed by atoms with Crippen LogP contribution in [0.5, 0.6) is 0 Å². The van der Waals surface area contributed by atoms with Gasteiger partial charge >= 0.3 is 6.03 Å². The predicted molar refractivity (Wildman–Crippen MR) is 95.2 cm³/mol. The maximum atomic E-state index is 12.7. The standard InChI is InChI=1S/C19H27N3O3/c1-4-16(24)21-11-19(12-21)17(14-8-6-5-7-9-14)15(10-23)22(19)18(25)20-13(2)3/h5-9,13,15,17,23H,4,10-12H2,1-3H3,(H,20,25)/t15-,17-/m0/s1. The first-order valence-electron chi connectivity index (χ1n) is 8.98. The van der Waals surface area contributed by atoms with Crippen molar-refractivity contribution in [1.82, 2.24) is 15.1 Å². The number of nitrogens with zero attached hydrogens (tertiary/aromatic N) is 2. The third-order valence-electron chi connectivity index (χ3n) is 5.34. The Labute approximate surface area is 148 Å². The number of aliphatic hydroxyl groups is 1. The van der Waals surface area contributed by atoms with Gasteiger partial charge in [-0.25, -0.2) is 4.79 Å². The van der Waals surface area contributed by atoms with E-state index in [0.29, 0.717) is 19.5 Å². The number of rotatable bonds is 4. The predicted octanol–water partition coefficient (Wildman–Crippen LogP) is 1.56. The summed E-state index contributed by atoms with van der Waals surface area (Å²) in [5.74, 6) is 0.145. The zero-order valence-electron chi connectivity index (χ0n) is 15.1. The number of likely N-dealkylation sites (tertiary alicyclic amines) is 2. The van der Waals surface area contributed by atoms with Gasteiger partial charge in [-0.15, -0.1) is 0 Å². The highest BCUT2D eigenvalue weighted by atomic mass is 16.3. The van der Waals surface area contributed by atoms with Crippen molar-refractivity contribution in [2.75, 3.05) is 19.7 Å². The number of carbonyl (C=O) groups is 2. The first-order valence-corrected chi connectivity index (χ1v) is 8.98. The van der Waals surface area contributed by atoms with Gasteiger partial charge in [0.25, 0.3) is 0 Å². The van der Waals surface area contributed by atoms with E-state index in [2.05, 4.69) is 5.32 Å². The van der Waals surface area contributed by atoms with Crippen LogP contribution in [0.4, 0.5) is 4.79 Å². The van der Waals surface area contributed by atoms with Crippen molar-refractivity contribution >= 4 is 11.9 Å². The molecule has 3 amide bonds. The first kappa shape index (κ1) is 17.7. The number of nitrogens with one attached hydrogen (secondary N) is 1. The number of carbonyl (C=O) groups excluding carboxylic acids is 2. The van der Waals surface area contributed by atoms with Crippen LogP contribution in [-0.2, 0) is 4.79 Å². The van der Waals surface area contributed by atoms with Gasteiger partial charge in [0.15, 0.2) is 0 Å². The molecule has 1 spiro atoms. The van der Waals surface area contributed by atoms with Crippen LogP contribution in [0.1, 0.15) is 38.7 Å². The molecule has 2 atom stereocenters. The molecule has 2 N–H and O–H groups in total. The summed E-state index contributed by atoms with van der Waals surface area (Å²) in [5, 5.41) is 12.9. The van der Waals surface area contributed by atoms with Gasteiger partial charge in [0.1, 0.15) is 0 Å². The highest BCUT2D eigenvalue weighted by Gasteiger charge is 2.68. The van der Waals surface area contributed by atoms with E-state index in [-0.39, 0.29) is 36.5 Å². The summed E-state index contributed by atoms with van der Waals surface area (Å²) in [5.41, 5.74) is 0.692. The lowest BCUT2D eigenvalue weighted by Crippen LogP contribution is -2.86. The van der Waals surface area contributed by atoms with Gasteiger partial charge in [-0.2, -0.15) is 0 Å². The van der Waals surface area contributed by atoms with E-state index < -0.39 is 5.54 Å². The first-order chi connectivity index (χ1) is 11.9. The molecule has 1 aromatic rings. The van der Waals surface area contributed by atoms with E-state index in [1.807, 2.05) is 51.1 Å². The molecular formula is C19H27N3O3. The zero-order chi connectivity index (χ0) is 18.2. The van der Waals surface area contributed by atoms with Crippen molar-refractivity contribution in [3.8, 4) is 0 Å². The lowest BCUT2D eigenvalue weighted by Gasteiger charge is -2.70. The molecule has 136 valence electrons. The van der Waals surface area contributed by atoms with Gasteiger partial charge in [0.2, 0.25) is 5.91 Å². The van der Waals surface area contributed by atoms with Crippen molar-refractivity contribution in [2.45, 2.75) is 50.7 Å². The molecule has 1 aromatic carbocycles. The summed E-state index contributed by atoms with van der Waals surface area (Å²) in [6.07, 6.45) is 0.466. The van der Waals surface area contributed by atoms with Crippen LogP contribution in [0.2, 0.25) is 0 Å². The molecule has 0 radical (unpaired) electrons. The topological polar surface area (TPSA) is 72.9 Å². The van der Waals surface area contributed by atoms with Gasteiger partial charge < -0.3 is 20.2 Å². The molecule has 0 aliphatic carbocycles. The average Bonchev–Trinajstić information content (AvgIpc) is 2.52. The summed E-state index contributed by atoms with van der Waals surface area (Å²) in [6.45, 7) is 6.65. The van der Waals surface area contributed by atoms with E-state index in [0.717, 1.165) is 5.56 Å². The molecule has 25 heavy (non-hydrogen) atoms. The van der Waals surface area contributed by atoms with Crippen molar-refractivity contribution in [1.29, 1.82) is 0 Å². The van der Waals surface area contributed by atoms with Crippen LogP contribution in [0.25, 0.3) is 0 Å². The Bertz CT molecular complexity index is 641. The Morgan fingerprint density at radius 3 is 2.44 bits per heavy atom. The number of hydrogen-bond donors (Lipinski definition) is 2. The van der Waals surface area contributed by atoms with Crippen LogP contribution in [0.3, 0.4) is 0 Å². The molecule has 2 aliphatic rings. The second kappa shape index (κ2) is 6.67. The number of hydrogen-bond acceptors (Lipinski definition) is 3. The third kappa shape index (κ3) is 2.78. The molecule has 2 fully saturated rings. The molecule has 2 saturated heterocycles. The zero-order valence-corrected chi connectivity index (χ0v) is 15.1. The second-order valence-corrected chi connectivity index (χ2v) is 7.32. The van der Waals surface area contributed by atoms with Gasteiger partial charge in [0, 0.05) is 31.5 Å². The fourth-order valence-corrected chi connectivity index (χ4v) is 4.32. The second-order valence-electron chi connectivity index (χ2n) is 7.32. The monoisotopic (exact) mass is 345 g/mol. The Morgan fingerprint density at radius 2 is 1.92 bits per heavy atom. The molecule has 0 bridgehead atoms. The largest absolute Gasteiger partial charge is 0.394 e. The number of benzene rings is 1. The Kier molecular flexibility index (Phi) is 4.73. The lowest BCUT2D eigenvalue weighted by atomic mass is 9.61. The third-order valence-corrected chi connectivity index (χ3v) is 5.34. The average molecular weight is 345 g/mol. The lowest BCUT2D eigenvalue weighted by molar-refractivity contribution is -0.177. The van der Waals surface area contributed by atoms with Crippen molar-refractivity contribution < 1.29 is 14.7 Å². The maximum Gasteiger partial charge on any atom is 0.318 e. The Balaban J connectivity index is 1.90. The molecule has 6 nitrogen and oxygen atoms in total. The summed E-state index contributed by atoms with van der Waals surface area (Å²) in [7, 11) is 0. The number of amides is 3. The molecular weight excluding hydrogens is 318 g/mol. The smallest absolute Gasteiger partial charge is 0.318 e. The fourth-order valence-electron chi connectivity index (χ4n) is 4.32. The minimum absolute atomic E-state index is 0.0214. The fraction of sp³-hybridized carbons (Fsp3) is 0.579. The minimum atomic E-state index is -0.418. The van der Waals surface area contributed by atoms with Crippen LogP contribution in [0, 0.1) is 0 Å². The van der Waals surface area contributed by atoms with Gasteiger partial charge in [-0.05, 0) is 19.4 Å². The summed E-state index contributed by atoms with van der Waals surface area (Å²) in [4.78, 5) is 28.3. The van der Waals surface area contributed by atoms with Crippen molar-refractivity contribution in [3.05, 3.63) is 35.9 Å². The van der Waals surface area contributed by atoms with Crippen LogP contribution in [-0.4, -0.2) is 64.2 Å². The van der Waals surface area contributed by atoms with Crippen LogP contribution >= 0.6 is 0 Å². The van der Waals surface area contributed by atoms with E-state index in [9.17, 15) is 14.7 Å². The molecule has 0 saturated carbocycles. The van der Waals surface area contributed by atoms with Crippen LogP contribution < -0.4 is 5.32 Å². The molecule has 2 aliphatic heterocycles. The minimum Gasteiger partial charge on any atom is -0.394 e. The molecule has 0 aromatic heterocycles.